The second kappa shape index (κ2) is 8.03. The van der Waals surface area contributed by atoms with E-state index in [0.717, 1.165) is 5.56 Å². The van der Waals surface area contributed by atoms with Gasteiger partial charge in [-0.1, -0.05) is 42.5 Å². The summed E-state index contributed by atoms with van der Waals surface area (Å²) < 4.78 is 10.7. The van der Waals surface area contributed by atoms with Crippen molar-refractivity contribution in [1.29, 1.82) is 0 Å². The van der Waals surface area contributed by atoms with Crippen molar-refractivity contribution in [3.63, 3.8) is 0 Å². The lowest BCUT2D eigenvalue weighted by molar-refractivity contribution is 0.0950. The maximum absolute atomic E-state index is 12.3. The summed E-state index contributed by atoms with van der Waals surface area (Å²) in [6, 6.07) is 13.2. The number of ether oxygens (including phenoxy) is 2. The van der Waals surface area contributed by atoms with Crippen LogP contribution in [0, 0.1) is 6.92 Å². The fraction of sp³-hybridized carbons (Fsp3) is 0.211. The van der Waals surface area contributed by atoms with E-state index < -0.39 is 0 Å². The topological polar surface area (TPSA) is 47.6 Å². The Bertz CT molecular complexity index is 678. The third kappa shape index (κ3) is 4.61. The molecule has 120 valence electrons. The third-order valence-electron chi connectivity index (χ3n) is 3.36. The molecule has 0 spiro atoms. The molecule has 0 aliphatic heterocycles. The molecule has 2 rings (SSSR count). The van der Waals surface area contributed by atoms with Crippen LogP contribution in [0.4, 0.5) is 0 Å². The molecule has 0 atom stereocenters. The minimum atomic E-state index is -0.154. The first-order chi connectivity index (χ1) is 11.1. The number of aryl methyl sites for hydroxylation is 1. The van der Waals surface area contributed by atoms with E-state index in [0.29, 0.717) is 30.2 Å². The minimum absolute atomic E-state index is 0.154. The molecule has 0 saturated heterocycles. The molecule has 0 aliphatic carbocycles. The average molecular weight is 311 g/mol. The van der Waals surface area contributed by atoms with Gasteiger partial charge in [-0.25, -0.2) is 0 Å². The second-order valence-corrected chi connectivity index (χ2v) is 5.13. The first kappa shape index (κ1) is 16.6. The molecule has 23 heavy (non-hydrogen) atoms. The standard InChI is InChI=1S/C19H21NO3/c1-4-11-23-17-10-9-16(12-18(17)22-3)19(21)20-13-15-7-5-14(2)6-8-15/h4-10,12H,1,11,13H2,2-3H3,(H,20,21). The molecule has 2 aromatic rings. The summed E-state index contributed by atoms with van der Waals surface area (Å²) in [5, 5.41) is 2.90. The highest BCUT2D eigenvalue weighted by Crippen LogP contribution is 2.28. The lowest BCUT2D eigenvalue weighted by Crippen LogP contribution is -2.22. The van der Waals surface area contributed by atoms with Gasteiger partial charge in [0.15, 0.2) is 11.5 Å². The Balaban J connectivity index is 2.03. The van der Waals surface area contributed by atoms with Crippen LogP contribution in [0.5, 0.6) is 11.5 Å². The van der Waals surface area contributed by atoms with Crippen molar-refractivity contribution < 1.29 is 14.3 Å². The van der Waals surface area contributed by atoms with E-state index in [1.165, 1.54) is 5.56 Å². The van der Waals surface area contributed by atoms with Crippen molar-refractivity contribution >= 4 is 5.91 Å². The monoisotopic (exact) mass is 311 g/mol. The Morgan fingerprint density at radius 3 is 2.57 bits per heavy atom. The summed E-state index contributed by atoms with van der Waals surface area (Å²) in [5.41, 5.74) is 2.78. The number of hydrogen-bond acceptors (Lipinski definition) is 3. The molecular weight excluding hydrogens is 290 g/mol. The average Bonchev–Trinajstić information content (AvgIpc) is 2.59. The van der Waals surface area contributed by atoms with Crippen LogP contribution in [0.25, 0.3) is 0 Å². The maximum Gasteiger partial charge on any atom is 0.251 e. The number of methoxy groups -OCH3 is 1. The summed E-state index contributed by atoms with van der Waals surface area (Å²) in [7, 11) is 1.55. The van der Waals surface area contributed by atoms with E-state index >= 15 is 0 Å². The fourth-order valence-corrected chi connectivity index (χ4v) is 2.07. The molecule has 1 N–H and O–H groups in total. The summed E-state index contributed by atoms with van der Waals surface area (Å²) in [5.74, 6) is 0.955. The zero-order chi connectivity index (χ0) is 16.7. The van der Waals surface area contributed by atoms with Crippen LogP contribution in [0.15, 0.2) is 55.1 Å². The number of carbonyl (C=O) groups is 1. The van der Waals surface area contributed by atoms with Crippen LogP contribution in [0.1, 0.15) is 21.5 Å². The highest BCUT2D eigenvalue weighted by atomic mass is 16.5. The molecule has 0 fully saturated rings. The van der Waals surface area contributed by atoms with Gasteiger partial charge in [-0.2, -0.15) is 0 Å². The zero-order valence-electron chi connectivity index (χ0n) is 13.5. The summed E-state index contributed by atoms with van der Waals surface area (Å²) >= 11 is 0. The Hall–Kier alpha value is -2.75. The summed E-state index contributed by atoms with van der Waals surface area (Å²) in [6.45, 7) is 6.50. The predicted molar refractivity (Wildman–Crippen MR) is 91.0 cm³/mol. The van der Waals surface area contributed by atoms with E-state index in [1.807, 2.05) is 31.2 Å². The Kier molecular flexibility index (Phi) is 5.80. The van der Waals surface area contributed by atoms with E-state index in [4.69, 9.17) is 9.47 Å². The Morgan fingerprint density at radius 1 is 1.17 bits per heavy atom. The first-order valence-corrected chi connectivity index (χ1v) is 7.39. The number of carbonyl (C=O) groups excluding carboxylic acids is 1. The molecule has 0 saturated carbocycles. The minimum Gasteiger partial charge on any atom is -0.493 e. The normalized spacial score (nSPS) is 10.0. The molecular formula is C19H21NO3. The van der Waals surface area contributed by atoms with E-state index in [9.17, 15) is 4.79 Å². The molecule has 2 aromatic carbocycles. The van der Waals surface area contributed by atoms with Gasteiger partial charge in [-0.15, -0.1) is 0 Å². The van der Waals surface area contributed by atoms with Crippen LogP contribution < -0.4 is 14.8 Å². The molecule has 0 radical (unpaired) electrons. The SMILES string of the molecule is C=CCOc1ccc(C(=O)NCc2ccc(C)cc2)cc1OC. The highest BCUT2D eigenvalue weighted by molar-refractivity contribution is 5.94. The van der Waals surface area contributed by atoms with Crippen LogP contribution in [-0.2, 0) is 6.54 Å². The number of nitrogens with one attached hydrogen (secondary N) is 1. The molecule has 0 unspecified atom stereocenters. The van der Waals surface area contributed by atoms with Crippen LogP contribution in [0.2, 0.25) is 0 Å². The molecule has 0 aromatic heterocycles. The molecule has 4 nitrogen and oxygen atoms in total. The van der Waals surface area contributed by atoms with Gasteiger partial charge in [0.2, 0.25) is 0 Å². The van der Waals surface area contributed by atoms with Gasteiger partial charge in [0.25, 0.3) is 5.91 Å². The van der Waals surface area contributed by atoms with Gasteiger partial charge in [0.1, 0.15) is 6.61 Å². The van der Waals surface area contributed by atoms with Crippen LogP contribution >= 0.6 is 0 Å². The van der Waals surface area contributed by atoms with Crippen LogP contribution in [-0.4, -0.2) is 19.6 Å². The fourth-order valence-electron chi connectivity index (χ4n) is 2.07. The number of rotatable bonds is 7. The maximum atomic E-state index is 12.3. The van der Waals surface area contributed by atoms with Crippen LogP contribution in [0.3, 0.4) is 0 Å². The van der Waals surface area contributed by atoms with E-state index in [2.05, 4.69) is 11.9 Å². The van der Waals surface area contributed by atoms with E-state index in [1.54, 1.807) is 31.4 Å². The molecule has 1 amide bonds. The largest absolute Gasteiger partial charge is 0.493 e. The Morgan fingerprint density at radius 2 is 1.91 bits per heavy atom. The smallest absolute Gasteiger partial charge is 0.251 e. The second-order valence-electron chi connectivity index (χ2n) is 5.13. The van der Waals surface area contributed by atoms with Crippen molar-refractivity contribution in [2.45, 2.75) is 13.5 Å². The van der Waals surface area contributed by atoms with Crippen molar-refractivity contribution in [1.82, 2.24) is 5.32 Å². The van der Waals surface area contributed by atoms with Crippen molar-refractivity contribution in [2.75, 3.05) is 13.7 Å². The molecule has 0 bridgehead atoms. The Labute approximate surface area is 136 Å². The van der Waals surface area contributed by atoms with Gasteiger partial charge in [0.05, 0.1) is 7.11 Å². The lowest BCUT2D eigenvalue weighted by Gasteiger charge is -2.11. The molecule has 4 heteroatoms. The number of benzene rings is 2. The quantitative estimate of drug-likeness (QED) is 0.796. The molecule has 0 heterocycles. The van der Waals surface area contributed by atoms with Gasteiger partial charge >= 0.3 is 0 Å². The highest BCUT2D eigenvalue weighted by Gasteiger charge is 2.11. The van der Waals surface area contributed by atoms with Crippen molar-refractivity contribution in [3.8, 4) is 11.5 Å². The zero-order valence-corrected chi connectivity index (χ0v) is 13.5. The summed E-state index contributed by atoms with van der Waals surface area (Å²) in [6.07, 6.45) is 1.65. The van der Waals surface area contributed by atoms with E-state index in [-0.39, 0.29) is 5.91 Å². The van der Waals surface area contributed by atoms with Crippen molar-refractivity contribution in [3.05, 3.63) is 71.8 Å². The van der Waals surface area contributed by atoms with Gasteiger partial charge in [-0.3, -0.25) is 4.79 Å². The van der Waals surface area contributed by atoms with Crippen molar-refractivity contribution in [2.24, 2.45) is 0 Å². The van der Waals surface area contributed by atoms with Gasteiger partial charge in [-0.05, 0) is 30.7 Å². The lowest BCUT2D eigenvalue weighted by atomic mass is 10.1. The summed E-state index contributed by atoms with van der Waals surface area (Å²) in [4.78, 5) is 12.3. The predicted octanol–water partition coefficient (Wildman–Crippen LogP) is 3.50. The number of amides is 1. The third-order valence-corrected chi connectivity index (χ3v) is 3.36. The molecule has 0 aliphatic rings. The van der Waals surface area contributed by atoms with Gasteiger partial charge < -0.3 is 14.8 Å². The number of hydrogen-bond donors (Lipinski definition) is 1. The first-order valence-electron chi connectivity index (χ1n) is 7.39. The van der Waals surface area contributed by atoms with Gasteiger partial charge in [0, 0.05) is 12.1 Å².